The monoisotopic (exact) mass is 78.0 g/mol. The molecule has 0 rings (SSSR count). The Morgan fingerprint density at radius 2 is 2.00 bits per heavy atom. The van der Waals surface area contributed by atoms with Crippen LogP contribution in [0.25, 0.3) is 0 Å². The summed E-state index contributed by atoms with van der Waals surface area (Å²) < 4.78 is 0. The second-order valence-electron chi connectivity index (χ2n) is 0.247. The summed E-state index contributed by atoms with van der Waals surface area (Å²) in [6.45, 7) is 0. The Kier molecular flexibility index (Phi) is 17.7. The van der Waals surface area contributed by atoms with E-state index in [-0.39, 0.29) is 12.6 Å². The van der Waals surface area contributed by atoms with E-state index in [0.29, 0.717) is 0 Å². The zero-order valence-electron chi connectivity index (χ0n) is 2.64. The number of amides is 1. The van der Waals surface area contributed by atoms with Gasteiger partial charge in [0.2, 0.25) is 6.41 Å². The summed E-state index contributed by atoms with van der Waals surface area (Å²) in [5, 5.41) is 7.26. The fourth-order valence-corrected chi connectivity index (χ4v) is 0. The predicted molar refractivity (Wildman–Crippen MR) is 16.0 cm³/mol. The molecule has 0 bridgehead atoms. The van der Waals surface area contributed by atoms with Gasteiger partial charge in [0.15, 0.2) is 0 Å². The van der Waals surface area contributed by atoms with E-state index in [4.69, 9.17) is 10.0 Å². The number of rotatable bonds is 1. The van der Waals surface area contributed by atoms with Crippen molar-refractivity contribution >= 4 is 6.41 Å². The molecular formula is CH6N2O2. The Morgan fingerprint density at radius 3 is 2.00 bits per heavy atom. The third kappa shape index (κ3) is 43.1. The van der Waals surface area contributed by atoms with E-state index >= 15 is 0 Å². The van der Waals surface area contributed by atoms with E-state index in [2.05, 4.69) is 0 Å². The van der Waals surface area contributed by atoms with Crippen molar-refractivity contribution in [1.29, 1.82) is 0 Å². The lowest BCUT2D eigenvalue weighted by Crippen LogP contribution is -1.99. The highest BCUT2D eigenvalue weighted by molar-refractivity contribution is 5.43. The second kappa shape index (κ2) is 10.0. The van der Waals surface area contributed by atoms with Gasteiger partial charge in [0, 0.05) is 0 Å². The number of hydrogen-bond acceptors (Lipinski definition) is 3. The molecule has 4 nitrogen and oxygen atoms in total. The number of nitrogens with one attached hydrogen (secondary N) is 1. The number of carbonyl (C=O) groups is 1. The molecule has 0 fully saturated rings. The normalized spacial score (nSPS) is 4.20. The maximum atomic E-state index is 8.81. The molecule has 1 amide bonds. The van der Waals surface area contributed by atoms with Crippen molar-refractivity contribution in [3.8, 4) is 0 Å². The lowest BCUT2D eigenvalue weighted by Gasteiger charge is -1.64. The van der Waals surface area contributed by atoms with Gasteiger partial charge in [-0.3, -0.25) is 10.0 Å². The standard InChI is InChI=1S/CH3NO2.H3N/c3-1-2-4;/h1,4H,(H,2,3);1H3. The lowest BCUT2D eigenvalue weighted by atomic mass is 11.5. The molecule has 0 aliphatic carbocycles. The molecule has 0 aromatic heterocycles. The van der Waals surface area contributed by atoms with Gasteiger partial charge < -0.3 is 6.15 Å². The highest BCUT2D eigenvalue weighted by atomic mass is 16.5. The average Bonchev–Trinajstić information content (AvgIpc) is 1.37. The molecule has 0 atom stereocenters. The van der Waals surface area contributed by atoms with Gasteiger partial charge in [-0.1, -0.05) is 0 Å². The number of hydroxylamine groups is 1. The third-order valence-corrected chi connectivity index (χ3v) is 0.0527. The van der Waals surface area contributed by atoms with Gasteiger partial charge in [-0.15, -0.1) is 0 Å². The highest BCUT2D eigenvalue weighted by Crippen LogP contribution is 1.08. The van der Waals surface area contributed by atoms with Crippen molar-refractivity contribution in [3.63, 3.8) is 0 Å². The van der Waals surface area contributed by atoms with E-state index < -0.39 is 0 Å². The molecule has 0 heterocycles. The first-order valence-electron chi connectivity index (χ1n) is 0.748. The minimum absolute atomic E-state index is 0. The first kappa shape index (κ1) is 8.83. The Balaban J connectivity index is 0. The van der Waals surface area contributed by atoms with Gasteiger partial charge in [-0.2, -0.15) is 0 Å². The molecule has 5 N–H and O–H groups in total. The molecule has 0 aliphatic rings. The van der Waals surface area contributed by atoms with Crippen molar-refractivity contribution in [2.24, 2.45) is 0 Å². The number of carbonyl (C=O) groups excluding carboxylic acids is 1. The van der Waals surface area contributed by atoms with Crippen LogP contribution in [0.1, 0.15) is 0 Å². The van der Waals surface area contributed by atoms with Gasteiger partial charge in [-0.05, 0) is 0 Å². The molecule has 32 valence electrons. The molecule has 5 heavy (non-hydrogen) atoms. The van der Waals surface area contributed by atoms with Gasteiger partial charge >= 0.3 is 0 Å². The molecule has 0 saturated heterocycles. The van der Waals surface area contributed by atoms with E-state index in [1.165, 1.54) is 5.48 Å². The van der Waals surface area contributed by atoms with E-state index in [0.717, 1.165) is 0 Å². The van der Waals surface area contributed by atoms with Crippen LogP contribution >= 0.6 is 0 Å². The SMILES string of the molecule is N.O=CNO. The molecular weight excluding hydrogens is 72.0 g/mol. The Morgan fingerprint density at radius 1 is 1.80 bits per heavy atom. The molecule has 0 unspecified atom stereocenters. The summed E-state index contributed by atoms with van der Waals surface area (Å²) in [5.74, 6) is 0. The molecule has 0 saturated carbocycles. The summed E-state index contributed by atoms with van der Waals surface area (Å²) in [4.78, 5) is 8.81. The van der Waals surface area contributed by atoms with E-state index in [9.17, 15) is 0 Å². The molecule has 0 aromatic rings. The van der Waals surface area contributed by atoms with Crippen molar-refractivity contribution < 1.29 is 10.0 Å². The van der Waals surface area contributed by atoms with Crippen LogP contribution in [0.4, 0.5) is 0 Å². The lowest BCUT2D eigenvalue weighted by molar-refractivity contribution is -0.116. The predicted octanol–water partition coefficient (Wildman–Crippen LogP) is -0.716. The van der Waals surface area contributed by atoms with Crippen molar-refractivity contribution in [1.82, 2.24) is 11.6 Å². The summed E-state index contributed by atoms with van der Waals surface area (Å²) in [6.07, 6.45) is 0.181. The summed E-state index contributed by atoms with van der Waals surface area (Å²) in [5.41, 5.74) is 1.25. The summed E-state index contributed by atoms with van der Waals surface area (Å²) in [6, 6.07) is 0. The van der Waals surface area contributed by atoms with Crippen LogP contribution in [0.5, 0.6) is 0 Å². The topological polar surface area (TPSA) is 84.3 Å². The fraction of sp³-hybridized carbons (Fsp3) is 0. The minimum atomic E-state index is 0. The van der Waals surface area contributed by atoms with Crippen LogP contribution in [0.15, 0.2) is 0 Å². The first-order chi connectivity index (χ1) is 1.91. The van der Waals surface area contributed by atoms with Crippen LogP contribution in [-0.4, -0.2) is 11.6 Å². The maximum Gasteiger partial charge on any atom is 0.230 e. The van der Waals surface area contributed by atoms with Crippen LogP contribution < -0.4 is 11.6 Å². The van der Waals surface area contributed by atoms with Crippen molar-refractivity contribution in [3.05, 3.63) is 0 Å². The molecule has 4 heteroatoms. The highest BCUT2D eigenvalue weighted by Gasteiger charge is 1.44. The molecule has 0 radical (unpaired) electrons. The largest absolute Gasteiger partial charge is 0.344 e. The average molecular weight is 78.1 g/mol. The first-order valence-corrected chi connectivity index (χ1v) is 0.748. The van der Waals surface area contributed by atoms with Crippen LogP contribution in [0, 0.1) is 0 Å². The molecule has 0 aromatic carbocycles. The smallest absolute Gasteiger partial charge is 0.230 e. The minimum Gasteiger partial charge on any atom is -0.344 e. The summed E-state index contributed by atoms with van der Waals surface area (Å²) >= 11 is 0. The zero-order chi connectivity index (χ0) is 3.41. The van der Waals surface area contributed by atoms with Crippen molar-refractivity contribution in [2.75, 3.05) is 0 Å². The van der Waals surface area contributed by atoms with Crippen molar-refractivity contribution in [2.45, 2.75) is 0 Å². The quantitative estimate of drug-likeness (QED) is 0.220. The number of hydrogen-bond donors (Lipinski definition) is 3. The van der Waals surface area contributed by atoms with Crippen LogP contribution in [0.3, 0.4) is 0 Å². The van der Waals surface area contributed by atoms with E-state index in [1.807, 2.05) is 0 Å². The molecule has 0 spiro atoms. The fourth-order valence-electron chi connectivity index (χ4n) is 0. The Hall–Kier alpha value is -0.610. The second-order valence-corrected chi connectivity index (χ2v) is 0.247. The van der Waals surface area contributed by atoms with Gasteiger partial charge in [0.05, 0.1) is 0 Å². The summed E-state index contributed by atoms with van der Waals surface area (Å²) in [7, 11) is 0. The van der Waals surface area contributed by atoms with Crippen LogP contribution in [0.2, 0.25) is 0 Å². The van der Waals surface area contributed by atoms with E-state index in [1.54, 1.807) is 0 Å². The van der Waals surface area contributed by atoms with Crippen LogP contribution in [-0.2, 0) is 4.79 Å². The van der Waals surface area contributed by atoms with Gasteiger partial charge in [-0.25, -0.2) is 5.48 Å². The maximum absolute atomic E-state index is 8.81. The molecule has 0 aliphatic heterocycles. The Bertz CT molecular complexity index is 21.6. The Labute approximate surface area is 29.3 Å². The third-order valence-electron chi connectivity index (χ3n) is 0.0527. The van der Waals surface area contributed by atoms with Gasteiger partial charge in [0.25, 0.3) is 0 Å². The zero-order valence-corrected chi connectivity index (χ0v) is 2.64. The van der Waals surface area contributed by atoms with Gasteiger partial charge in [0.1, 0.15) is 0 Å².